The predicted octanol–water partition coefficient (Wildman–Crippen LogP) is -0.337. The second kappa shape index (κ2) is 7.97. The third-order valence-corrected chi connectivity index (χ3v) is 5.06. The minimum atomic E-state index is -0.173. The summed E-state index contributed by atoms with van der Waals surface area (Å²) in [6, 6.07) is 1.72. The molecular weight excluding hydrogens is 322 g/mol. The van der Waals surface area contributed by atoms with Gasteiger partial charge in [-0.15, -0.1) is 0 Å². The van der Waals surface area contributed by atoms with Gasteiger partial charge in [0.1, 0.15) is 0 Å². The standard InChI is InChI=1S/C17H27N5O3/c1-14(17(24)20-8-6-19(7-9-20)15(2)23)21-10-11-25-16(12-21)13-22-5-3-4-18-22/h3-5,14,16H,6-13H2,1-2H3. The molecule has 3 rings (SSSR count). The van der Waals surface area contributed by atoms with Crippen LogP contribution in [0.15, 0.2) is 18.5 Å². The van der Waals surface area contributed by atoms with Crippen LogP contribution in [0.25, 0.3) is 0 Å². The first kappa shape index (κ1) is 17.9. The molecule has 8 nitrogen and oxygen atoms in total. The van der Waals surface area contributed by atoms with Gasteiger partial charge in [0.05, 0.1) is 25.3 Å². The van der Waals surface area contributed by atoms with Crippen molar-refractivity contribution in [1.82, 2.24) is 24.5 Å². The Balaban J connectivity index is 1.52. The number of carbonyl (C=O) groups excluding carboxylic acids is 2. The van der Waals surface area contributed by atoms with Gasteiger partial charge in [-0.25, -0.2) is 0 Å². The van der Waals surface area contributed by atoms with Crippen molar-refractivity contribution in [1.29, 1.82) is 0 Å². The molecule has 2 unspecified atom stereocenters. The number of ether oxygens (including phenoxy) is 1. The van der Waals surface area contributed by atoms with Crippen LogP contribution >= 0.6 is 0 Å². The van der Waals surface area contributed by atoms with Crippen LogP contribution in [0.5, 0.6) is 0 Å². The van der Waals surface area contributed by atoms with Gasteiger partial charge in [0, 0.05) is 58.6 Å². The van der Waals surface area contributed by atoms with E-state index in [9.17, 15) is 9.59 Å². The normalized spacial score (nSPS) is 23.5. The molecule has 0 radical (unpaired) electrons. The van der Waals surface area contributed by atoms with Gasteiger partial charge in [-0.05, 0) is 13.0 Å². The van der Waals surface area contributed by atoms with E-state index in [1.165, 1.54) is 0 Å². The molecule has 2 saturated heterocycles. The zero-order valence-electron chi connectivity index (χ0n) is 15.0. The van der Waals surface area contributed by atoms with Gasteiger partial charge >= 0.3 is 0 Å². The van der Waals surface area contributed by atoms with E-state index < -0.39 is 0 Å². The fourth-order valence-electron chi connectivity index (χ4n) is 3.48. The lowest BCUT2D eigenvalue weighted by atomic mass is 10.1. The number of rotatable bonds is 4. The number of morpholine rings is 1. The van der Waals surface area contributed by atoms with Crippen molar-refractivity contribution in [2.75, 3.05) is 45.9 Å². The van der Waals surface area contributed by atoms with E-state index in [2.05, 4.69) is 10.00 Å². The summed E-state index contributed by atoms with van der Waals surface area (Å²) in [5, 5.41) is 4.22. The van der Waals surface area contributed by atoms with Gasteiger partial charge in [-0.2, -0.15) is 5.10 Å². The third kappa shape index (κ3) is 4.38. The van der Waals surface area contributed by atoms with Crippen LogP contribution in [0, 0.1) is 0 Å². The number of amides is 2. The van der Waals surface area contributed by atoms with Crippen LogP contribution in [0.1, 0.15) is 13.8 Å². The fourth-order valence-corrected chi connectivity index (χ4v) is 3.48. The largest absolute Gasteiger partial charge is 0.374 e. The van der Waals surface area contributed by atoms with Crippen molar-refractivity contribution in [2.24, 2.45) is 0 Å². The monoisotopic (exact) mass is 349 g/mol. The fraction of sp³-hybridized carbons (Fsp3) is 0.706. The Bertz CT molecular complexity index is 583. The van der Waals surface area contributed by atoms with Gasteiger partial charge < -0.3 is 14.5 Å². The maximum Gasteiger partial charge on any atom is 0.239 e. The highest BCUT2D eigenvalue weighted by Crippen LogP contribution is 2.14. The lowest BCUT2D eigenvalue weighted by molar-refractivity contribution is -0.144. The summed E-state index contributed by atoms with van der Waals surface area (Å²) < 4.78 is 7.69. The SMILES string of the molecule is CC(=O)N1CCN(C(=O)C(C)N2CCOC(Cn3cccn3)C2)CC1. The molecule has 138 valence electrons. The highest BCUT2D eigenvalue weighted by atomic mass is 16.5. The molecular formula is C17H27N5O3. The smallest absolute Gasteiger partial charge is 0.239 e. The average molecular weight is 349 g/mol. The second-order valence-electron chi connectivity index (χ2n) is 6.72. The minimum absolute atomic E-state index is 0.0402. The first-order chi connectivity index (χ1) is 12.0. The van der Waals surface area contributed by atoms with Gasteiger partial charge in [0.25, 0.3) is 0 Å². The number of nitrogens with zero attached hydrogens (tertiary/aromatic N) is 5. The van der Waals surface area contributed by atoms with E-state index in [4.69, 9.17) is 4.74 Å². The molecule has 0 aliphatic carbocycles. The topological polar surface area (TPSA) is 70.9 Å². The zero-order valence-corrected chi connectivity index (χ0v) is 15.0. The average Bonchev–Trinajstić information content (AvgIpc) is 3.13. The quantitative estimate of drug-likeness (QED) is 0.744. The molecule has 1 aromatic rings. The van der Waals surface area contributed by atoms with Crippen LogP contribution in [-0.4, -0.2) is 94.3 Å². The summed E-state index contributed by atoms with van der Waals surface area (Å²) in [4.78, 5) is 30.1. The lowest BCUT2D eigenvalue weighted by Gasteiger charge is -2.40. The molecule has 0 bridgehead atoms. The van der Waals surface area contributed by atoms with Gasteiger partial charge in [-0.1, -0.05) is 0 Å². The summed E-state index contributed by atoms with van der Waals surface area (Å²) in [5.74, 6) is 0.220. The molecule has 0 spiro atoms. The summed E-state index contributed by atoms with van der Waals surface area (Å²) >= 11 is 0. The van der Waals surface area contributed by atoms with Crippen molar-refractivity contribution in [3.8, 4) is 0 Å². The summed E-state index contributed by atoms with van der Waals surface area (Å²) in [6.07, 6.45) is 3.72. The summed E-state index contributed by atoms with van der Waals surface area (Å²) in [7, 11) is 0. The maximum absolute atomic E-state index is 12.8. The molecule has 2 amide bonds. The molecule has 0 saturated carbocycles. The molecule has 0 N–H and O–H groups in total. The maximum atomic E-state index is 12.8. The van der Waals surface area contributed by atoms with Crippen LogP contribution in [0.2, 0.25) is 0 Å². The molecule has 2 atom stereocenters. The summed E-state index contributed by atoms with van der Waals surface area (Å²) in [6.45, 7) is 8.83. The first-order valence-corrected chi connectivity index (χ1v) is 8.92. The highest BCUT2D eigenvalue weighted by molar-refractivity contribution is 5.82. The molecule has 2 aliphatic heterocycles. The van der Waals surface area contributed by atoms with Gasteiger partial charge in [0.2, 0.25) is 11.8 Å². The molecule has 2 aliphatic rings. The Morgan fingerprint density at radius 1 is 1.20 bits per heavy atom. The number of aromatic nitrogens is 2. The first-order valence-electron chi connectivity index (χ1n) is 8.92. The van der Waals surface area contributed by atoms with Gasteiger partial charge in [-0.3, -0.25) is 19.2 Å². The van der Waals surface area contributed by atoms with Crippen LogP contribution in [-0.2, 0) is 20.9 Å². The lowest BCUT2D eigenvalue weighted by Crippen LogP contribution is -2.57. The number of carbonyl (C=O) groups is 2. The molecule has 0 aromatic carbocycles. The van der Waals surface area contributed by atoms with Gasteiger partial charge in [0.15, 0.2) is 0 Å². The third-order valence-electron chi connectivity index (χ3n) is 5.06. The van der Waals surface area contributed by atoms with Crippen molar-refractivity contribution in [2.45, 2.75) is 32.5 Å². The molecule has 2 fully saturated rings. The minimum Gasteiger partial charge on any atom is -0.374 e. The van der Waals surface area contributed by atoms with Crippen LogP contribution < -0.4 is 0 Å². The highest BCUT2D eigenvalue weighted by Gasteiger charge is 2.32. The van der Waals surface area contributed by atoms with E-state index >= 15 is 0 Å². The van der Waals surface area contributed by atoms with E-state index in [0.29, 0.717) is 39.3 Å². The van der Waals surface area contributed by atoms with Crippen LogP contribution in [0.4, 0.5) is 0 Å². The van der Waals surface area contributed by atoms with Crippen LogP contribution in [0.3, 0.4) is 0 Å². The predicted molar refractivity (Wildman–Crippen MR) is 91.8 cm³/mol. The van der Waals surface area contributed by atoms with E-state index in [0.717, 1.165) is 13.1 Å². The second-order valence-corrected chi connectivity index (χ2v) is 6.72. The number of piperazine rings is 1. The molecule has 25 heavy (non-hydrogen) atoms. The Morgan fingerprint density at radius 3 is 2.56 bits per heavy atom. The Kier molecular flexibility index (Phi) is 5.70. The van der Waals surface area contributed by atoms with Crippen molar-refractivity contribution in [3.05, 3.63) is 18.5 Å². The molecule has 8 heteroatoms. The molecule has 1 aromatic heterocycles. The Labute approximate surface area is 148 Å². The zero-order chi connectivity index (χ0) is 17.8. The van der Waals surface area contributed by atoms with E-state index in [-0.39, 0.29) is 24.0 Å². The van der Waals surface area contributed by atoms with E-state index in [1.807, 2.05) is 28.8 Å². The van der Waals surface area contributed by atoms with Crippen molar-refractivity contribution in [3.63, 3.8) is 0 Å². The van der Waals surface area contributed by atoms with Crippen molar-refractivity contribution < 1.29 is 14.3 Å². The summed E-state index contributed by atoms with van der Waals surface area (Å²) in [5.41, 5.74) is 0. The van der Waals surface area contributed by atoms with E-state index in [1.54, 1.807) is 18.0 Å². The Morgan fingerprint density at radius 2 is 1.92 bits per heavy atom. The number of hydrogen-bond acceptors (Lipinski definition) is 5. The molecule has 3 heterocycles. The van der Waals surface area contributed by atoms with Crippen molar-refractivity contribution >= 4 is 11.8 Å². The Hall–Kier alpha value is -1.93. The number of hydrogen-bond donors (Lipinski definition) is 0.